The van der Waals surface area contributed by atoms with Gasteiger partial charge < -0.3 is 5.11 Å². The molecule has 0 radical (unpaired) electrons. The van der Waals surface area contributed by atoms with Crippen LogP contribution in [0.2, 0.25) is 0 Å². The van der Waals surface area contributed by atoms with Crippen LogP contribution in [-0.2, 0) is 6.42 Å². The molecule has 5 N–H and O–H groups in total. The van der Waals surface area contributed by atoms with Crippen molar-refractivity contribution in [3.8, 4) is 0 Å². The Labute approximate surface area is 106 Å². The van der Waals surface area contributed by atoms with Crippen molar-refractivity contribution in [1.82, 2.24) is 0 Å². The lowest BCUT2D eigenvalue weighted by molar-refractivity contribution is 0.0696. The highest BCUT2D eigenvalue weighted by Crippen LogP contribution is 2.14. The van der Waals surface area contributed by atoms with Gasteiger partial charge >= 0.3 is 5.97 Å². The van der Waals surface area contributed by atoms with E-state index in [1.54, 1.807) is 12.1 Å². The van der Waals surface area contributed by atoms with Gasteiger partial charge in [0.2, 0.25) is 0 Å². The van der Waals surface area contributed by atoms with Gasteiger partial charge in [0.1, 0.15) is 0 Å². The number of hydrazine groups is 1. The van der Waals surface area contributed by atoms with Crippen molar-refractivity contribution in [3.63, 3.8) is 0 Å². The zero-order valence-electron chi connectivity index (χ0n) is 9.91. The second kappa shape index (κ2) is 7.21. The predicted octanol–water partition coefficient (Wildman–Crippen LogP) is 1.79. The van der Waals surface area contributed by atoms with Crippen molar-refractivity contribution in [1.29, 1.82) is 0 Å². The maximum absolute atomic E-state index is 11.0. The zero-order valence-corrected chi connectivity index (χ0v) is 9.91. The van der Waals surface area contributed by atoms with Gasteiger partial charge in [0.25, 0.3) is 0 Å². The summed E-state index contributed by atoms with van der Waals surface area (Å²) < 4.78 is 0. The molecule has 2 rings (SSSR count). The summed E-state index contributed by atoms with van der Waals surface area (Å²) >= 11 is 0. The summed E-state index contributed by atoms with van der Waals surface area (Å²) in [5.41, 5.74) is 2.35. The highest BCUT2D eigenvalue weighted by Gasteiger charge is 2.08. The lowest BCUT2D eigenvalue weighted by atomic mass is 10.00. The van der Waals surface area contributed by atoms with Gasteiger partial charge in [-0.05, 0) is 23.6 Å². The molecule has 0 heterocycles. The fourth-order valence-electron chi connectivity index (χ4n) is 1.70. The number of carboxylic acid groups (broad SMARTS) is 1. The third-order valence-electron chi connectivity index (χ3n) is 2.49. The van der Waals surface area contributed by atoms with Crippen molar-refractivity contribution in [2.75, 3.05) is 0 Å². The Bertz CT molecular complexity index is 498. The Morgan fingerprint density at radius 1 is 0.944 bits per heavy atom. The summed E-state index contributed by atoms with van der Waals surface area (Å²) in [6, 6.07) is 17.0. The fraction of sp³-hybridized carbons (Fsp3) is 0.0714. The van der Waals surface area contributed by atoms with Crippen LogP contribution < -0.4 is 11.7 Å². The van der Waals surface area contributed by atoms with Gasteiger partial charge in [-0.25, -0.2) is 4.79 Å². The molecule has 0 saturated carbocycles. The van der Waals surface area contributed by atoms with E-state index >= 15 is 0 Å². The molecule has 4 nitrogen and oxygen atoms in total. The van der Waals surface area contributed by atoms with Crippen molar-refractivity contribution in [2.45, 2.75) is 6.42 Å². The molecule has 0 bridgehead atoms. The Balaban J connectivity index is 0.000000771. The molecular weight excluding hydrogens is 228 g/mol. The minimum atomic E-state index is -0.869. The minimum Gasteiger partial charge on any atom is -0.478 e. The van der Waals surface area contributed by atoms with E-state index in [9.17, 15) is 4.79 Å². The van der Waals surface area contributed by atoms with Crippen molar-refractivity contribution in [3.05, 3.63) is 71.3 Å². The molecule has 0 atom stereocenters. The van der Waals surface area contributed by atoms with Gasteiger partial charge in [-0.3, -0.25) is 11.7 Å². The molecule has 2 aromatic rings. The third kappa shape index (κ3) is 3.69. The first-order valence-corrected chi connectivity index (χ1v) is 5.46. The number of benzene rings is 2. The first kappa shape index (κ1) is 13.9. The van der Waals surface area contributed by atoms with Crippen LogP contribution in [0.5, 0.6) is 0 Å². The molecule has 0 unspecified atom stereocenters. The van der Waals surface area contributed by atoms with E-state index < -0.39 is 5.97 Å². The predicted molar refractivity (Wildman–Crippen MR) is 71.0 cm³/mol. The zero-order chi connectivity index (χ0) is 13.4. The molecule has 0 amide bonds. The quantitative estimate of drug-likeness (QED) is 0.567. The van der Waals surface area contributed by atoms with Crippen LogP contribution in [0.15, 0.2) is 54.6 Å². The summed E-state index contributed by atoms with van der Waals surface area (Å²) in [7, 11) is 0. The Morgan fingerprint density at radius 3 is 2.11 bits per heavy atom. The van der Waals surface area contributed by atoms with E-state index in [2.05, 4.69) is 11.7 Å². The topological polar surface area (TPSA) is 89.3 Å². The van der Waals surface area contributed by atoms with Gasteiger partial charge in [0.15, 0.2) is 0 Å². The maximum Gasteiger partial charge on any atom is 0.335 e. The Kier molecular flexibility index (Phi) is 5.57. The number of hydrogen-bond donors (Lipinski definition) is 3. The molecule has 0 aliphatic carbocycles. The Morgan fingerprint density at radius 2 is 1.50 bits per heavy atom. The Hall–Kier alpha value is -2.17. The van der Waals surface area contributed by atoms with Gasteiger partial charge in [0.05, 0.1) is 5.56 Å². The molecule has 18 heavy (non-hydrogen) atoms. The highest BCUT2D eigenvalue weighted by molar-refractivity contribution is 5.89. The van der Waals surface area contributed by atoms with Crippen LogP contribution in [0.25, 0.3) is 0 Å². The number of carboxylic acids is 1. The van der Waals surface area contributed by atoms with E-state index in [1.165, 1.54) is 0 Å². The first-order chi connectivity index (χ1) is 8.77. The van der Waals surface area contributed by atoms with Crippen LogP contribution in [0.1, 0.15) is 21.5 Å². The lowest BCUT2D eigenvalue weighted by Gasteiger charge is -2.05. The second-order valence-electron chi connectivity index (χ2n) is 3.62. The van der Waals surface area contributed by atoms with Gasteiger partial charge in [-0.15, -0.1) is 0 Å². The summed E-state index contributed by atoms with van der Waals surface area (Å²) in [5, 5.41) is 9.04. The number of nitrogens with two attached hydrogens (primary N) is 2. The summed E-state index contributed by atoms with van der Waals surface area (Å²) in [6.07, 6.45) is 0.656. The molecule has 0 saturated heterocycles. The number of aromatic carboxylic acids is 1. The molecule has 0 aromatic heterocycles. The molecule has 94 valence electrons. The van der Waals surface area contributed by atoms with E-state index in [-0.39, 0.29) is 0 Å². The average molecular weight is 244 g/mol. The number of hydrogen-bond acceptors (Lipinski definition) is 3. The standard InChI is InChI=1S/C14H12O2.H4N2/c15-14(16)13-9-5-4-8-12(13)10-11-6-2-1-3-7-11;1-2/h1-9H,10H2,(H,15,16);1-2H2. The van der Waals surface area contributed by atoms with Crippen LogP contribution in [0.4, 0.5) is 0 Å². The van der Waals surface area contributed by atoms with E-state index in [0.29, 0.717) is 12.0 Å². The summed E-state index contributed by atoms with van der Waals surface area (Å²) in [4.78, 5) is 11.0. The SMILES string of the molecule is NN.O=C(O)c1ccccc1Cc1ccccc1. The smallest absolute Gasteiger partial charge is 0.335 e. The normalized spacial score (nSPS) is 9.22. The van der Waals surface area contributed by atoms with Gasteiger partial charge in [0, 0.05) is 0 Å². The van der Waals surface area contributed by atoms with Crippen LogP contribution in [-0.4, -0.2) is 11.1 Å². The molecule has 2 aromatic carbocycles. The van der Waals surface area contributed by atoms with E-state index in [4.69, 9.17) is 5.11 Å². The van der Waals surface area contributed by atoms with Crippen molar-refractivity contribution in [2.24, 2.45) is 11.7 Å². The molecular formula is C14H16N2O2. The lowest BCUT2D eigenvalue weighted by Crippen LogP contribution is -2.02. The monoisotopic (exact) mass is 244 g/mol. The first-order valence-electron chi connectivity index (χ1n) is 5.46. The largest absolute Gasteiger partial charge is 0.478 e. The molecule has 0 aliphatic rings. The summed E-state index contributed by atoms with van der Waals surface area (Å²) in [5.74, 6) is 7.13. The van der Waals surface area contributed by atoms with Crippen LogP contribution >= 0.6 is 0 Å². The van der Waals surface area contributed by atoms with Crippen molar-refractivity contribution >= 4 is 5.97 Å². The van der Waals surface area contributed by atoms with E-state index in [0.717, 1.165) is 11.1 Å². The average Bonchev–Trinajstić information content (AvgIpc) is 2.42. The molecule has 0 spiro atoms. The van der Waals surface area contributed by atoms with E-state index in [1.807, 2.05) is 42.5 Å². The molecule has 4 heteroatoms. The van der Waals surface area contributed by atoms with Crippen molar-refractivity contribution < 1.29 is 9.90 Å². The highest BCUT2D eigenvalue weighted by atomic mass is 16.4. The number of rotatable bonds is 3. The van der Waals surface area contributed by atoms with Gasteiger partial charge in [-0.1, -0.05) is 48.5 Å². The molecule has 0 aliphatic heterocycles. The maximum atomic E-state index is 11.0. The van der Waals surface area contributed by atoms with Gasteiger partial charge in [-0.2, -0.15) is 0 Å². The summed E-state index contributed by atoms with van der Waals surface area (Å²) in [6.45, 7) is 0. The fourth-order valence-corrected chi connectivity index (χ4v) is 1.70. The molecule has 0 fully saturated rings. The van der Waals surface area contributed by atoms with Crippen LogP contribution in [0.3, 0.4) is 0 Å². The third-order valence-corrected chi connectivity index (χ3v) is 2.49. The van der Waals surface area contributed by atoms with Crippen LogP contribution in [0, 0.1) is 0 Å². The second-order valence-corrected chi connectivity index (χ2v) is 3.62. The minimum absolute atomic E-state index is 0.381. The number of carbonyl (C=O) groups is 1.